The van der Waals surface area contributed by atoms with E-state index in [-0.39, 0.29) is 5.91 Å². The molecule has 6 nitrogen and oxygen atoms in total. The Morgan fingerprint density at radius 3 is 2.48 bits per heavy atom. The van der Waals surface area contributed by atoms with Gasteiger partial charge in [0.2, 0.25) is 0 Å². The average molecular weight is 385 g/mol. The highest BCUT2D eigenvalue weighted by Crippen LogP contribution is 2.29. The van der Waals surface area contributed by atoms with Gasteiger partial charge in [-0.3, -0.25) is 20.4 Å². The molecule has 0 spiro atoms. The van der Waals surface area contributed by atoms with Gasteiger partial charge < -0.3 is 9.47 Å². The van der Waals surface area contributed by atoms with E-state index in [9.17, 15) is 9.59 Å². The van der Waals surface area contributed by atoms with Crippen LogP contribution in [-0.2, 0) is 14.3 Å². The fourth-order valence-corrected chi connectivity index (χ4v) is 2.14. The van der Waals surface area contributed by atoms with Gasteiger partial charge in [-0.25, -0.2) is 0 Å². The Labute approximate surface area is 144 Å². The Morgan fingerprint density at radius 2 is 1.87 bits per heavy atom. The molecular formula is C16H21BrN2O4. The molecule has 1 aromatic rings. The number of carbonyl (C=O) groups is 2. The first-order chi connectivity index (χ1) is 11.0. The molecule has 1 saturated carbocycles. The number of hydrazine groups is 1. The number of hydrogen-bond acceptors (Lipinski definition) is 4. The normalized spacial score (nSPS) is 16.3. The van der Waals surface area contributed by atoms with Gasteiger partial charge in [0.25, 0.3) is 11.8 Å². The summed E-state index contributed by atoms with van der Waals surface area (Å²) < 4.78 is 11.8. The number of benzene rings is 1. The van der Waals surface area contributed by atoms with Gasteiger partial charge in [0.15, 0.2) is 6.10 Å². The van der Waals surface area contributed by atoms with Crippen LogP contribution in [0.15, 0.2) is 28.7 Å². The van der Waals surface area contributed by atoms with Crippen LogP contribution < -0.4 is 15.6 Å². The molecule has 0 bridgehead atoms. The highest BCUT2D eigenvalue weighted by Gasteiger charge is 2.24. The maximum atomic E-state index is 11.9. The van der Waals surface area contributed by atoms with Crippen LogP contribution >= 0.6 is 15.9 Å². The molecule has 2 unspecified atom stereocenters. The van der Waals surface area contributed by atoms with Gasteiger partial charge in [-0.05, 0) is 50.8 Å². The Balaban J connectivity index is 1.71. The van der Waals surface area contributed by atoms with Crippen LogP contribution in [0.2, 0.25) is 0 Å². The zero-order valence-electron chi connectivity index (χ0n) is 13.2. The third kappa shape index (κ3) is 6.19. The van der Waals surface area contributed by atoms with Crippen molar-refractivity contribution in [3.05, 3.63) is 28.7 Å². The van der Waals surface area contributed by atoms with Crippen molar-refractivity contribution in [3.8, 4) is 5.75 Å². The summed E-state index contributed by atoms with van der Waals surface area (Å²) in [7, 11) is 0. The van der Waals surface area contributed by atoms with Gasteiger partial charge in [0.05, 0.1) is 6.61 Å². The zero-order chi connectivity index (χ0) is 16.8. The third-order valence-electron chi connectivity index (χ3n) is 3.44. The van der Waals surface area contributed by atoms with Crippen molar-refractivity contribution in [2.75, 3.05) is 6.61 Å². The first-order valence-electron chi connectivity index (χ1n) is 7.59. The van der Waals surface area contributed by atoms with Crippen LogP contribution in [0.5, 0.6) is 5.75 Å². The number of halogens is 1. The van der Waals surface area contributed by atoms with Crippen molar-refractivity contribution in [2.24, 2.45) is 5.92 Å². The lowest BCUT2D eigenvalue weighted by molar-refractivity contribution is -0.138. The fourth-order valence-electron chi connectivity index (χ4n) is 1.77. The molecule has 126 valence electrons. The molecule has 1 fully saturated rings. The molecule has 2 amide bonds. The Hall–Kier alpha value is -1.60. The summed E-state index contributed by atoms with van der Waals surface area (Å²) in [4.78, 5) is 23.7. The van der Waals surface area contributed by atoms with Gasteiger partial charge in [-0.15, -0.1) is 0 Å². The predicted octanol–water partition coefficient (Wildman–Crippen LogP) is 2.18. The van der Waals surface area contributed by atoms with Gasteiger partial charge in [0, 0.05) is 4.47 Å². The number of rotatable bonds is 7. The Morgan fingerprint density at radius 1 is 1.22 bits per heavy atom. The monoisotopic (exact) mass is 384 g/mol. The van der Waals surface area contributed by atoms with Crippen LogP contribution in [-0.4, -0.2) is 30.6 Å². The van der Waals surface area contributed by atoms with E-state index in [1.807, 2.05) is 12.1 Å². The van der Waals surface area contributed by atoms with Crippen LogP contribution in [0.25, 0.3) is 0 Å². The van der Waals surface area contributed by atoms with Crippen molar-refractivity contribution in [2.45, 2.75) is 38.9 Å². The molecular weight excluding hydrogens is 364 g/mol. The summed E-state index contributed by atoms with van der Waals surface area (Å²) in [6, 6.07) is 7.18. The van der Waals surface area contributed by atoms with Gasteiger partial charge >= 0.3 is 0 Å². The molecule has 0 radical (unpaired) electrons. The first-order valence-corrected chi connectivity index (χ1v) is 8.38. The number of amides is 2. The highest BCUT2D eigenvalue weighted by atomic mass is 79.9. The second-order valence-electron chi connectivity index (χ2n) is 5.61. The van der Waals surface area contributed by atoms with Gasteiger partial charge in [0.1, 0.15) is 11.9 Å². The summed E-state index contributed by atoms with van der Waals surface area (Å²) in [6.07, 6.45) is 0.981. The molecule has 2 rings (SSSR count). The number of nitrogens with one attached hydrogen (secondary N) is 2. The minimum Gasteiger partial charge on any atom is -0.481 e. The minimum atomic E-state index is -0.743. The van der Waals surface area contributed by atoms with Crippen LogP contribution in [0.3, 0.4) is 0 Å². The summed E-state index contributed by atoms with van der Waals surface area (Å²) in [5.74, 6) is 0.328. The third-order valence-corrected chi connectivity index (χ3v) is 3.93. The van der Waals surface area contributed by atoms with Crippen LogP contribution in [0, 0.1) is 5.92 Å². The Kier molecular flexibility index (Phi) is 6.41. The van der Waals surface area contributed by atoms with Crippen molar-refractivity contribution in [1.82, 2.24) is 10.9 Å². The van der Waals surface area contributed by atoms with E-state index in [1.165, 1.54) is 0 Å². The molecule has 0 heterocycles. The van der Waals surface area contributed by atoms with E-state index in [1.54, 1.807) is 26.0 Å². The summed E-state index contributed by atoms with van der Waals surface area (Å²) in [5.41, 5.74) is 4.70. The quantitative estimate of drug-likeness (QED) is 0.706. The molecule has 1 aliphatic rings. The van der Waals surface area contributed by atoms with E-state index in [0.29, 0.717) is 18.3 Å². The SMILES string of the molecule is CC(OCC1CC1)C(=O)NNC(=O)C(C)Oc1cccc(Br)c1. The summed E-state index contributed by atoms with van der Waals surface area (Å²) in [5, 5.41) is 0. The van der Waals surface area contributed by atoms with E-state index >= 15 is 0 Å². The largest absolute Gasteiger partial charge is 0.481 e. The number of hydrogen-bond donors (Lipinski definition) is 2. The van der Waals surface area contributed by atoms with Crippen molar-refractivity contribution < 1.29 is 19.1 Å². The second kappa shape index (κ2) is 8.31. The maximum absolute atomic E-state index is 11.9. The van der Waals surface area contributed by atoms with Crippen LogP contribution in [0.1, 0.15) is 26.7 Å². The number of carbonyl (C=O) groups excluding carboxylic acids is 2. The summed E-state index contributed by atoms with van der Waals surface area (Å²) in [6.45, 7) is 3.85. The average Bonchev–Trinajstić information content (AvgIpc) is 3.34. The molecule has 2 atom stereocenters. The van der Waals surface area contributed by atoms with Crippen LogP contribution in [0.4, 0.5) is 0 Å². The standard InChI is InChI=1S/C16H21BrN2O4/c1-10(22-9-12-6-7-12)15(20)18-19-16(21)11(2)23-14-5-3-4-13(17)8-14/h3-5,8,10-12H,6-7,9H2,1-2H3,(H,18,20)(H,19,21). The topological polar surface area (TPSA) is 76.7 Å². The van der Waals surface area contributed by atoms with E-state index in [4.69, 9.17) is 9.47 Å². The maximum Gasteiger partial charge on any atom is 0.279 e. The van der Waals surface area contributed by atoms with Gasteiger partial charge in [-0.2, -0.15) is 0 Å². The van der Waals surface area contributed by atoms with E-state index in [2.05, 4.69) is 26.8 Å². The van der Waals surface area contributed by atoms with E-state index < -0.39 is 18.1 Å². The zero-order valence-corrected chi connectivity index (χ0v) is 14.8. The summed E-state index contributed by atoms with van der Waals surface area (Å²) >= 11 is 3.33. The second-order valence-corrected chi connectivity index (χ2v) is 6.53. The molecule has 1 aliphatic carbocycles. The predicted molar refractivity (Wildman–Crippen MR) is 88.7 cm³/mol. The fraction of sp³-hybridized carbons (Fsp3) is 0.500. The lowest BCUT2D eigenvalue weighted by atomic mass is 10.3. The van der Waals surface area contributed by atoms with Crippen molar-refractivity contribution >= 4 is 27.7 Å². The van der Waals surface area contributed by atoms with Gasteiger partial charge in [-0.1, -0.05) is 22.0 Å². The molecule has 0 saturated heterocycles. The molecule has 0 aromatic heterocycles. The number of ether oxygens (including phenoxy) is 2. The lowest BCUT2D eigenvalue weighted by Gasteiger charge is -2.17. The van der Waals surface area contributed by atoms with Crippen molar-refractivity contribution in [3.63, 3.8) is 0 Å². The lowest BCUT2D eigenvalue weighted by Crippen LogP contribution is -2.50. The molecule has 2 N–H and O–H groups in total. The van der Waals surface area contributed by atoms with Crippen molar-refractivity contribution in [1.29, 1.82) is 0 Å². The Bertz CT molecular complexity index is 563. The first kappa shape index (κ1) is 17.7. The minimum absolute atomic E-state index is 0.381. The highest BCUT2D eigenvalue weighted by molar-refractivity contribution is 9.10. The molecule has 23 heavy (non-hydrogen) atoms. The van der Waals surface area contributed by atoms with E-state index in [0.717, 1.165) is 17.3 Å². The molecule has 0 aliphatic heterocycles. The molecule has 1 aromatic carbocycles. The smallest absolute Gasteiger partial charge is 0.279 e. The molecule has 7 heteroatoms.